The normalized spacial score (nSPS) is 25.5. The zero-order chi connectivity index (χ0) is 11.1. The van der Waals surface area contributed by atoms with Gasteiger partial charge in [0.1, 0.15) is 12.2 Å². The number of hydrogen-bond donors (Lipinski definition) is 1. The van der Waals surface area contributed by atoms with Gasteiger partial charge >= 0.3 is 5.97 Å². The molecule has 0 bridgehead atoms. The van der Waals surface area contributed by atoms with Crippen molar-refractivity contribution in [1.29, 1.82) is 0 Å². The topological polar surface area (TPSA) is 46.5 Å². The molecule has 1 N–H and O–H groups in total. The molecule has 0 aromatic rings. The Bertz CT molecular complexity index is 196. The zero-order valence-corrected chi connectivity index (χ0v) is 10.1. The second-order valence-electron chi connectivity index (χ2n) is 3.94. The molecule has 1 saturated heterocycles. The second-order valence-corrected chi connectivity index (χ2v) is 5.02. The average Bonchev–Trinajstić information content (AvgIpc) is 2.59. The SMILES string of the molecule is CCCCCCC(=O)OC1CSCC1O. The molecule has 2 atom stereocenters. The van der Waals surface area contributed by atoms with Gasteiger partial charge in [-0.3, -0.25) is 4.79 Å². The molecule has 0 saturated carbocycles. The highest BCUT2D eigenvalue weighted by atomic mass is 32.2. The van der Waals surface area contributed by atoms with Crippen molar-refractivity contribution < 1.29 is 14.6 Å². The summed E-state index contributed by atoms with van der Waals surface area (Å²) in [5, 5.41) is 9.45. The Balaban J connectivity index is 2.07. The molecule has 0 aliphatic carbocycles. The first-order valence-corrected chi connectivity index (χ1v) is 6.84. The van der Waals surface area contributed by atoms with Crippen LogP contribution in [0.1, 0.15) is 39.0 Å². The van der Waals surface area contributed by atoms with Crippen LogP contribution in [0, 0.1) is 0 Å². The van der Waals surface area contributed by atoms with Crippen LogP contribution in [0.4, 0.5) is 0 Å². The fraction of sp³-hybridized carbons (Fsp3) is 0.909. The van der Waals surface area contributed by atoms with Crippen LogP contribution in [0.5, 0.6) is 0 Å². The molecule has 1 aliphatic rings. The fourth-order valence-corrected chi connectivity index (χ4v) is 2.67. The summed E-state index contributed by atoms with van der Waals surface area (Å²) in [7, 11) is 0. The van der Waals surface area contributed by atoms with E-state index >= 15 is 0 Å². The quantitative estimate of drug-likeness (QED) is 0.562. The monoisotopic (exact) mass is 232 g/mol. The van der Waals surface area contributed by atoms with E-state index in [4.69, 9.17) is 4.74 Å². The molecule has 1 aliphatic heterocycles. The standard InChI is InChI=1S/C11H20O3S/c1-2-3-4-5-6-11(13)14-10-8-15-7-9(10)12/h9-10,12H,2-8H2,1H3. The van der Waals surface area contributed by atoms with Crippen molar-refractivity contribution in [1.82, 2.24) is 0 Å². The number of carbonyl (C=O) groups excluding carboxylic acids is 1. The Morgan fingerprint density at radius 1 is 1.40 bits per heavy atom. The molecule has 0 amide bonds. The van der Waals surface area contributed by atoms with Crippen LogP contribution in [0.25, 0.3) is 0 Å². The molecule has 15 heavy (non-hydrogen) atoms. The molecule has 4 heteroatoms. The Kier molecular flexibility index (Phi) is 6.10. The summed E-state index contributed by atoms with van der Waals surface area (Å²) in [5.41, 5.74) is 0. The van der Waals surface area contributed by atoms with Gasteiger partial charge in [-0.2, -0.15) is 11.8 Å². The lowest BCUT2D eigenvalue weighted by Crippen LogP contribution is -2.29. The highest BCUT2D eigenvalue weighted by molar-refractivity contribution is 7.99. The van der Waals surface area contributed by atoms with Gasteiger partial charge in [0, 0.05) is 17.9 Å². The maximum Gasteiger partial charge on any atom is 0.306 e. The Morgan fingerprint density at radius 2 is 2.20 bits per heavy atom. The molecule has 0 aromatic carbocycles. The first-order chi connectivity index (χ1) is 7.24. The van der Waals surface area contributed by atoms with Crippen LogP contribution < -0.4 is 0 Å². The zero-order valence-electron chi connectivity index (χ0n) is 9.28. The maximum absolute atomic E-state index is 11.4. The van der Waals surface area contributed by atoms with Crippen LogP contribution in [0.3, 0.4) is 0 Å². The van der Waals surface area contributed by atoms with E-state index in [9.17, 15) is 9.90 Å². The van der Waals surface area contributed by atoms with Crippen LogP contribution in [0.15, 0.2) is 0 Å². The van der Waals surface area contributed by atoms with E-state index in [1.54, 1.807) is 11.8 Å². The first-order valence-electron chi connectivity index (χ1n) is 5.69. The number of aliphatic hydroxyl groups is 1. The third-order valence-electron chi connectivity index (χ3n) is 2.52. The number of hydrogen-bond acceptors (Lipinski definition) is 4. The predicted octanol–water partition coefficient (Wildman–Crippen LogP) is 1.98. The number of rotatable bonds is 6. The smallest absolute Gasteiger partial charge is 0.306 e. The number of ether oxygens (including phenoxy) is 1. The summed E-state index contributed by atoms with van der Waals surface area (Å²) in [6.07, 6.45) is 4.11. The third-order valence-corrected chi connectivity index (χ3v) is 3.66. The molecule has 0 radical (unpaired) electrons. The van der Waals surface area contributed by atoms with Crippen molar-refractivity contribution >= 4 is 17.7 Å². The van der Waals surface area contributed by atoms with E-state index in [-0.39, 0.29) is 12.1 Å². The predicted molar refractivity (Wildman–Crippen MR) is 62.0 cm³/mol. The molecule has 1 fully saturated rings. The molecule has 0 aromatic heterocycles. The van der Waals surface area contributed by atoms with Crippen molar-refractivity contribution in [2.24, 2.45) is 0 Å². The van der Waals surface area contributed by atoms with Gasteiger partial charge in [0.2, 0.25) is 0 Å². The van der Waals surface area contributed by atoms with Gasteiger partial charge in [0.05, 0.1) is 0 Å². The average molecular weight is 232 g/mol. The van der Waals surface area contributed by atoms with Crippen molar-refractivity contribution in [3.8, 4) is 0 Å². The number of unbranched alkanes of at least 4 members (excludes halogenated alkanes) is 3. The summed E-state index contributed by atoms with van der Waals surface area (Å²) < 4.78 is 5.19. The molecular weight excluding hydrogens is 212 g/mol. The molecule has 1 rings (SSSR count). The van der Waals surface area contributed by atoms with Gasteiger partial charge in [-0.15, -0.1) is 0 Å². The third kappa shape index (κ3) is 4.89. The van der Waals surface area contributed by atoms with Gasteiger partial charge < -0.3 is 9.84 Å². The lowest BCUT2D eigenvalue weighted by Gasteiger charge is -2.14. The summed E-state index contributed by atoms with van der Waals surface area (Å²) in [5.74, 6) is 1.27. The van der Waals surface area contributed by atoms with E-state index in [1.165, 1.54) is 12.8 Å². The lowest BCUT2D eigenvalue weighted by molar-refractivity contribution is -0.152. The minimum Gasteiger partial charge on any atom is -0.459 e. The van der Waals surface area contributed by atoms with E-state index in [1.807, 2.05) is 0 Å². The lowest BCUT2D eigenvalue weighted by atomic mass is 10.1. The van der Waals surface area contributed by atoms with E-state index < -0.39 is 6.10 Å². The van der Waals surface area contributed by atoms with Gasteiger partial charge in [-0.25, -0.2) is 0 Å². The van der Waals surface area contributed by atoms with Crippen LogP contribution in [0.2, 0.25) is 0 Å². The Labute approximate surface area is 95.6 Å². The Morgan fingerprint density at radius 3 is 2.80 bits per heavy atom. The molecule has 88 valence electrons. The van der Waals surface area contributed by atoms with Crippen molar-refractivity contribution in [3.05, 3.63) is 0 Å². The van der Waals surface area contributed by atoms with Gasteiger partial charge in [-0.05, 0) is 6.42 Å². The number of thioether (sulfide) groups is 1. The fourth-order valence-electron chi connectivity index (χ4n) is 1.56. The van der Waals surface area contributed by atoms with E-state index in [0.29, 0.717) is 12.2 Å². The molecular formula is C11H20O3S. The first kappa shape index (κ1) is 12.8. The number of carbonyl (C=O) groups is 1. The van der Waals surface area contributed by atoms with Crippen LogP contribution in [-0.2, 0) is 9.53 Å². The van der Waals surface area contributed by atoms with Crippen LogP contribution >= 0.6 is 11.8 Å². The molecule has 3 nitrogen and oxygen atoms in total. The molecule has 1 heterocycles. The largest absolute Gasteiger partial charge is 0.459 e. The molecule has 0 spiro atoms. The summed E-state index contributed by atoms with van der Waals surface area (Å²) in [6, 6.07) is 0. The van der Waals surface area contributed by atoms with Crippen molar-refractivity contribution in [3.63, 3.8) is 0 Å². The highest BCUT2D eigenvalue weighted by Crippen LogP contribution is 2.21. The van der Waals surface area contributed by atoms with Gasteiger partial charge in [0.15, 0.2) is 0 Å². The summed E-state index contributed by atoms with van der Waals surface area (Å²) >= 11 is 1.64. The number of aliphatic hydroxyl groups excluding tert-OH is 1. The minimum atomic E-state index is -0.463. The number of esters is 1. The van der Waals surface area contributed by atoms with E-state index in [0.717, 1.165) is 18.6 Å². The second kappa shape index (κ2) is 7.12. The summed E-state index contributed by atoms with van der Waals surface area (Å²) in [4.78, 5) is 11.4. The molecule has 2 unspecified atom stereocenters. The van der Waals surface area contributed by atoms with Gasteiger partial charge in [0.25, 0.3) is 0 Å². The van der Waals surface area contributed by atoms with Crippen molar-refractivity contribution in [2.75, 3.05) is 11.5 Å². The van der Waals surface area contributed by atoms with E-state index in [2.05, 4.69) is 6.92 Å². The minimum absolute atomic E-state index is 0.155. The Hall–Kier alpha value is -0.220. The highest BCUT2D eigenvalue weighted by Gasteiger charge is 2.28. The van der Waals surface area contributed by atoms with Gasteiger partial charge in [-0.1, -0.05) is 26.2 Å². The summed E-state index contributed by atoms with van der Waals surface area (Å²) in [6.45, 7) is 2.14. The van der Waals surface area contributed by atoms with Crippen molar-refractivity contribution in [2.45, 2.75) is 51.2 Å². The maximum atomic E-state index is 11.4. The van der Waals surface area contributed by atoms with Crippen LogP contribution in [-0.4, -0.2) is 34.8 Å².